The molecule has 3 aliphatic rings. The summed E-state index contributed by atoms with van der Waals surface area (Å²) in [5.41, 5.74) is 1.37. The molecule has 3 rings (SSSR count). The predicted molar refractivity (Wildman–Crippen MR) is 85.4 cm³/mol. The summed E-state index contributed by atoms with van der Waals surface area (Å²) in [6.45, 7) is 5.59. The van der Waals surface area contributed by atoms with Gasteiger partial charge in [-0.1, -0.05) is 0 Å². The molecule has 2 unspecified atom stereocenters. The van der Waals surface area contributed by atoms with Gasteiger partial charge in [0.25, 0.3) is 0 Å². The number of unbranched alkanes of at least 4 members (excludes halogenated alkanes) is 1. The van der Waals surface area contributed by atoms with Crippen molar-refractivity contribution < 1.29 is 19.1 Å². The molecule has 5 nitrogen and oxygen atoms in total. The highest BCUT2D eigenvalue weighted by Gasteiger charge is 2.36. The maximum Gasteiger partial charge on any atom is 0.339 e. The molecule has 3 heterocycles. The van der Waals surface area contributed by atoms with Gasteiger partial charge in [-0.05, 0) is 70.8 Å². The third kappa shape index (κ3) is 3.55. The van der Waals surface area contributed by atoms with Crippen LogP contribution in [-0.2, 0) is 19.1 Å². The Morgan fingerprint density at radius 3 is 2.74 bits per heavy atom. The van der Waals surface area contributed by atoms with Crippen LogP contribution in [0.3, 0.4) is 0 Å². The first-order valence-corrected chi connectivity index (χ1v) is 8.28. The Bertz CT molecular complexity index is 602. The lowest BCUT2D eigenvalue weighted by molar-refractivity contribution is -0.141. The molecule has 0 saturated carbocycles. The molecular weight excluding hydrogens is 294 g/mol. The van der Waals surface area contributed by atoms with Crippen molar-refractivity contribution in [2.24, 2.45) is 0 Å². The second-order valence-electron chi connectivity index (χ2n) is 6.43. The van der Waals surface area contributed by atoms with Crippen LogP contribution >= 0.6 is 0 Å². The number of esters is 2. The number of likely N-dealkylation sites (tertiary alicyclic amines) is 1. The van der Waals surface area contributed by atoms with Crippen LogP contribution in [-0.4, -0.2) is 42.1 Å². The van der Waals surface area contributed by atoms with Gasteiger partial charge in [0, 0.05) is 11.1 Å². The number of rotatable bonds is 5. The number of ether oxygens (including phenoxy) is 2. The van der Waals surface area contributed by atoms with E-state index in [9.17, 15) is 9.59 Å². The zero-order chi connectivity index (χ0) is 16.4. The summed E-state index contributed by atoms with van der Waals surface area (Å²) in [5, 5.41) is 0. The predicted octanol–water partition coefficient (Wildman–Crippen LogP) is 2.49. The number of cyclic esters (lactones) is 2. The summed E-state index contributed by atoms with van der Waals surface area (Å²) < 4.78 is 10.6. The van der Waals surface area contributed by atoms with Crippen LogP contribution in [0.25, 0.3) is 0 Å². The van der Waals surface area contributed by atoms with Gasteiger partial charge in [-0.3, -0.25) is 4.90 Å². The van der Waals surface area contributed by atoms with Crippen molar-refractivity contribution in [3.05, 3.63) is 35.1 Å². The summed E-state index contributed by atoms with van der Waals surface area (Å²) in [6.07, 6.45) is 9.70. The van der Waals surface area contributed by atoms with E-state index in [4.69, 9.17) is 9.47 Å². The molecule has 0 bridgehead atoms. The van der Waals surface area contributed by atoms with Crippen molar-refractivity contribution in [3.63, 3.8) is 0 Å². The average molecular weight is 317 g/mol. The molecule has 1 saturated heterocycles. The molecule has 3 aliphatic heterocycles. The van der Waals surface area contributed by atoms with Crippen LogP contribution < -0.4 is 0 Å². The minimum Gasteiger partial charge on any atom is -0.453 e. The Labute approximate surface area is 136 Å². The molecule has 0 aliphatic carbocycles. The molecule has 23 heavy (non-hydrogen) atoms. The normalized spacial score (nSPS) is 29.7. The van der Waals surface area contributed by atoms with Crippen molar-refractivity contribution in [3.8, 4) is 0 Å². The van der Waals surface area contributed by atoms with Gasteiger partial charge in [0.05, 0.1) is 6.04 Å². The largest absolute Gasteiger partial charge is 0.453 e. The SMILES string of the molecule is CC1=C/C(=C/CCCN2CCCC2C2C=C(C)C(=O)O2)OC1=O. The molecule has 5 heteroatoms. The van der Waals surface area contributed by atoms with Gasteiger partial charge in [-0.25, -0.2) is 9.59 Å². The number of hydrogen-bond acceptors (Lipinski definition) is 5. The number of allylic oxidation sites excluding steroid dienone is 2. The molecule has 0 aromatic carbocycles. The summed E-state index contributed by atoms with van der Waals surface area (Å²) in [5.74, 6) is 0.228. The standard InChI is InChI=1S/C18H23NO4/c1-12-10-14(22-17(12)20)6-3-4-8-19-9-5-7-15(19)16-11-13(2)18(21)23-16/h6,10-11,15-16H,3-5,7-9H2,1-2H3/b14-6-. The van der Waals surface area contributed by atoms with Crippen LogP contribution in [0.15, 0.2) is 35.1 Å². The maximum absolute atomic E-state index is 11.5. The lowest BCUT2D eigenvalue weighted by Gasteiger charge is -2.27. The Kier molecular flexibility index (Phi) is 4.66. The highest BCUT2D eigenvalue weighted by molar-refractivity contribution is 5.92. The van der Waals surface area contributed by atoms with Crippen LogP contribution in [0.1, 0.15) is 39.5 Å². The molecule has 124 valence electrons. The zero-order valence-corrected chi connectivity index (χ0v) is 13.7. The van der Waals surface area contributed by atoms with Crippen molar-refractivity contribution in [1.29, 1.82) is 0 Å². The maximum atomic E-state index is 11.5. The van der Waals surface area contributed by atoms with Crippen LogP contribution in [0.2, 0.25) is 0 Å². The third-order valence-corrected chi connectivity index (χ3v) is 4.66. The van der Waals surface area contributed by atoms with Gasteiger partial charge in [-0.15, -0.1) is 0 Å². The smallest absolute Gasteiger partial charge is 0.339 e. The lowest BCUT2D eigenvalue weighted by atomic mass is 10.1. The van der Waals surface area contributed by atoms with Crippen molar-refractivity contribution in [2.75, 3.05) is 13.1 Å². The van der Waals surface area contributed by atoms with E-state index in [1.165, 1.54) is 0 Å². The van der Waals surface area contributed by atoms with E-state index in [0.717, 1.165) is 44.3 Å². The minimum atomic E-state index is -0.249. The van der Waals surface area contributed by atoms with E-state index in [0.29, 0.717) is 17.4 Å². The number of carbonyl (C=O) groups is 2. The van der Waals surface area contributed by atoms with E-state index in [2.05, 4.69) is 4.90 Å². The minimum absolute atomic E-state index is 0.0928. The van der Waals surface area contributed by atoms with E-state index in [-0.39, 0.29) is 18.0 Å². The monoisotopic (exact) mass is 317 g/mol. The molecule has 0 N–H and O–H groups in total. The molecule has 0 aromatic heterocycles. The first-order chi connectivity index (χ1) is 11.0. The number of carbonyl (C=O) groups excluding carboxylic acids is 2. The van der Waals surface area contributed by atoms with Gasteiger partial charge in [0.2, 0.25) is 0 Å². The molecule has 0 spiro atoms. The Balaban J connectivity index is 1.48. The Morgan fingerprint density at radius 2 is 2.09 bits per heavy atom. The molecule has 0 amide bonds. The first-order valence-electron chi connectivity index (χ1n) is 8.28. The third-order valence-electron chi connectivity index (χ3n) is 4.66. The highest BCUT2D eigenvalue weighted by Crippen LogP contribution is 2.27. The van der Waals surface area contributed by atoms with Gasteiger partial charge in [-0.2, -0.15) is 0 Å². The van der Waals surface area contributed by atoms with Crippen LogP contribution in [0.4, 0.5) is 0 Å². The Hall–Kier alpha value is -1.88. The average Bonchev–Trinajstić information content (AvgIpc) is 3.18. The van der Waals surface area contributed by atoms with Gasteiger partial charge < -0.3 is 9.47 Å². The van der Waals surface area contributed by atoms with Crippen molar-refractivity contribution in [2.45, 2.75) is 51.7 Å². The van der Waals surface area contributed by atoms with E-state index >= 15 is 0 Å². The summed E-state index contributed by atoms with van der Waals surface area (Å²) in [6, 6.07) is 0.301. The second kappa shape index (κ2) is 6.71. The molecule has 2 atom stereocenters. The van der Waals surface area contributed by atoms with Gasteiger partial charge in [0.1, 0.15) is 11.9 Å². The van der Waals surface area contributed by atoms with Gasteiger partial charge in [0.15, 0.2) is 0 Å². The lowest BCUT2D eigenvalue weighted by Crippen LogP contribution is -2.39. The van der Waals surface area contributed by atoms with E-state index < -0.39 is 0 Å². The molecular formula is C18H23NO4. The molecule has 0 radical (unpaired) electrons. The number of nitrogens with zero attached hydrogens (tertiary/aromatic N) is 1. The fourth-order valence-corrected chi connectivity index (χ4v) is 3.38. The summed E-state index contributed by atoms with van der Waals surface area (Å²) in [4.78, 5) is 25.2. The molecule has 0 aromatic rings. The first kappa shape index (κ1) is 16.0. The van der Waals surface area contributed by atoms with Crippen molar-refractivity contribution >= 4 is 11.9 Å². The zero-order valence-electron chi connectivity index (χ0n) is 13.7. The van der Waals surface area contributed by atoms with Crippen LogP contribution in [0.5, 0.6) is 0 Å². The fraction of sp³-hybridized carbons (Fsp3) is 0.556. The highest BCUT2D eigenvalue weighted by atomic mass is 16.6. The van der Waals surface area contributed by atoms with Gasteiger partial charge >= 0.3 is 11.9 Å². The Morgan fingerprint density at radius 1 is 1.26 bits per heavy atom. The fourth-order valence-electron chi connectivity index (χ4n) is 3.38. The van der Waals surface area contributed by atoms with Crippen molar-refractivity contribution in [1.82, 2.24) is 4.90 Å². The quantitative estimate of drug-likeness (QED) is 0.576. The summed E-state index contributed by atoms with van der Waals surface area (Å²) in [7, 11) is 0. The van der Waals surface area contributed by atoms with E-state index in [1.807, 2.05) is 19.1 Å². The summed E-state index contributed by atoms with van der Waals surface area (Å²) >= 11 is 0. The second-order valence-corrected chi connectivity index (χ2v) is 6.43. The number of hydrogen-bond donors (Lipinski definition) is 0. The van der Waals surface area contributed by atoms with E-state index in [1.54, 1.807) is 13.0 Å². The van der Waals surface area contributed by atoms with Crippen LogP contribution in [0, 0.1) is 0 Å². The molecule has 1 fully saturated rings. The topological polar surface area (TPSA) is 55.8 Å².